The molecule has 0 aliphatic rings. The third-order valence-corrected chi connectivity index (χ3v) is 3.05. The zero-order valence-corrected chi connectivity index (χ0v) is 12.1. The molecule has 0 bridgehead atoms. The number of ether oxygens (including phenoxy) is 1. The van der Waals surface area contributed by atoms with E-state index < -0.39 is 11.7 Å². The van der Waals surface area contributed by atoms with Gasteiger partial charge in [-0.15, -0.1) is 0 Å². The van der Waals surface area contributed by atoms with E-state index in [2.05, 4.69) is 19.1 Å². The molecule has 20 heavy (non-hydrogen) atoms. The molecule has 0 unspecified atom stereocenters. The van der Waals surface area contributed by atoms with Crippen LogP contribution in [0.1, 0.15) is 43.7 Å². The highest BCUT2D eigenvalue weighted by atomic mass is 32.1. The Bertz CT molecular complexity index is 460. The van der Waals surface area contributed by atoms with E-state index in [-0.39, 0.29) is 16.3 Å². The van der Waals surface area contributed by atoms with E-state index in [0.29, 0.717) is 6.61 Å². The van der Waals surface area contributed by atoms with Crippen molar-refractivity contribution in [2.45, 2.75) is 38.8 Å². The van der Waals surface area contributed by atoms with E-state index in [1.807, 2.05) is 0 Å². The largest absolute Gasteiger partial charge is 0.494 e. The normalized spacial score (nSPS) is 11.4. The minimum absolute atomic E-state index is 0.175. The van der Waals surface area contributed by atoms with Gasteiger partial charge in [-0.1, -0.05) is 38.4 Å². The maximum atomic E-state index is 12.9. The summed E-state index contributed by atoms with van der Waals surface area (Å²) in [4.78, 5) is -0.271. The van der Waals surface area contributed by atoms with Crippen LogP contribution in [0.15, 0.2) is 18.2 Å². The van der Waals surface area contributed by atoms with Crippen LogP contribution in [0.25, 0.3) is 0 Å². The number of alkyl halides is 3. The summed E-state index contributed by atoms with van der Waals surface area (Å²) in [6.07, 6.45) is -0.474. The Morgan fingerprint density at radius 3 is 2.50 bits per heavy atom. The Morgan fingerprint density at radius 1 is 1.25 bits per heavy atom. The molecule has 0 fully saturated rings. The van der Waals surface area contributed by atoms with Crippen LogP contribution in [-0.2, 0) is 6.18 Å². The molecule has 0 saturated heterocycles. The van der Waals surface area contributed by atoms with Crippen LogP contribution in [-0.4, -0.2) is 11.6 Å². The van der Waals surface area contributed by atoms with Crippen molar-refractivity contribution in [1.29, 1.82) is 0 Å². The minimum atomic E-state index is -4.50. The summed E-state index contributed by atoms with van der Waals surface area (Å²) < 4.78 is 44.1. The Labute approximate surface area is 122 Å². The van der Waals surface area contributed by atoms with E-state index in [1.165, 1.54) is 12.1 Å². The number of rotatable bonds is 7. The van der Waals surface area contributed by atoms with Crippen molar-refractivity contribution >= 4 is 17.2 Å². The molecule has 0 amide bonds. The SMILES string of the molecule is CCCCCCOc1ccc(C(N)=S)c(C(F)(F)F)c1. The molecular weight excluding hydrogens is 287 g/mol. The number of halogens is 3. The zero-order chi connectivity index (χ0) is 15.2. The lowest BCUT2D eigenvalue weighted by molar-refractivity contribution is -0.137. The standard InChI is InChI=1S/C14H18F3NOS/c1-2-3-4-5-8-19-10-6-7-11(13(18)20)12(9-10)14(15,16)17/h6-7,9H,2-5,8H2,1H3,(H2,18,20). The van der Waals surface area contributed by atoms with Crippen LogP contribution in [0.3, 0.4) is 0 Å². The first-order chi connectivity index (χ1) is 9.36. The lowest BCUT2D eigenvalue weighted by Gasteiger charge is -2.14. The number of nitrogens with two attached hydrogens (primary N) is 1. The van der Waals surface area contributed by atoms with Crippen LogP contribution < -0.4 is 10.5 Å². The first kappa shape index (κ1) is 16.8. The highest BCUT2D eigenvalue weighted by Gasteiger charge is 2.34. The summed E-state index contributed by atoms with van der Waals surface area (Å²) in [7, 11) is 0. The second-order valence-electron chi connectivity index (χ2n) is 4.48. The fraction of sp³-hybridized carbons (Fsp3) is 0.500. The molecule has 0 radical (unpaired) electrons. The van der Waals surface area contributed by atoms with Crippen LogP contribution in [0.4, 0.5) is 13.2 Å². The minimum Gasteiger partial charge on any atom is -0.494 e. The number of hydrogen-bond donors (Lipinski definition) is 1. The van der Waals surface area contributed by atoms with Crippen molar-refractivity contribution in [3.05, 3.63) is 29.3 Å². The van der Waals surface area contributed by atoms with Crippen LogP contribution >= 0.6 is 12.2 Å². The Hall–Kier alpha value is -1.30. The molecular formula is C14H18F3NOS. The quantitative estimate of drug-likeness (QED) is 0.602. The summed E-state index contributed by atoms with van der Waals surface area (Å²) in [6, 6.07) is 3.67. The molecule has 1 aromatic rings. The second-order valence-corrected chi connectivity index (χ2v) is 4.92. The van der Waals surface area contributed by atoms with E-state index in [0.717, 1.165) is 31.7 Å². The Morgan fingerprint density at radius 2 is 1.95 bits per heavy atom. The first-order valence-corrected chi connectivity index (χ1v) is 6.91. The van der Waals surface area contributed by atoms with Gasteiger partial charge in [-0.05, 0) is 24.6 Å². The smallest absolute Gasteiger partial charge is 0.417 e. The van der Waals surface area contributed by atoms with Crippen molar-refractivity contribution < 1.29 is 17.9 Å². The maximum absolute atomic E-state index is 12.9. The summed E-state index contributed by atoms with van der Waals surface area (Å²) in [5.41, 5.74) is 4.28. The molecule has 0 aliphatic heterocycles. The second kappa shape index (κ2) is 7.47. The molecule has 2 N–H and O–H groups in total. The lowest BCUT2D eigenvalue weighted by atomic mass is 10.1. The number of benzene rings is 1. The summed E-state index contributed by atoms with van der Waals surface area (Å²) in [5.74, 6) is 0.189. The average Bonchev–Trinajstić information content (AvgIpc) is 2.37. The number of hydrogen-bond acceptors (Lipinski definition) is 2. The third kappa shape index (κ3) is 5.00. The monoisotopic (exact) mass is 305 g/mol. The third-order valence-electron chi connectivity index (χ3n) is 2.83. The first-order valence-electron chi connectivity index (χ1n) is 6.50. The van der Waals surface area contributed by atoms with Gasteiger partial charge in [0.25, 0.3) is 0 Å². The van der Waals surface area contributed by atoms with Gasteiger partial charge in [0.1, 0.15) is 10.7 Å². The van der Waals surface area contributed by atoms with Gasteiger partial charge in [-0.25, -0.2) is 0 Å². The summed E-state index contributed by atoms with van der Waals surface area (Å²) in [6.45, 7) is 2.49. The summed E-state index contributed by atoms with van der Waals surface area (Å²) >= 11 is 4.63. The fourth-order valence-corrected chi connectivity index (χ4v) is 1.96. The van der Waals surface area contributed by atoms with Crippen molar-refractivity contribution in [2.75, 3.05) is 6.61 Å². The highest BCUT2D eigenvalue weighted by Crippen LogP contribution is 2.34. The van der Waals surface area contributed by atoms with E-state index in [1.54, 1.807) is 0 Å². The molecule has 0 saturated carbocycles. The molecule has 2 nitrogen and oxygen atoms in total. The van der Waals surface area contributed by atoms with Crippen LogP contribution in [0.2, 0.25) is 0 Å². The predicted molar refractivity (Wildman–Crippen MR) is 77.0 cm³/mol. The average molecular weight is 305 g/mol. The molecule has 0 spiro atoms. The van der Waals surface area contributed by atoms with Crippen LogP contribution in [0.5, 0.6) is 5.75 Å². The van der Waals surface area contributed by atoms with Gasteiger partial charge >= 0.3 is 6.18 Å². The topological polar surface area (TPSA) is 35.2 Å². The fourth-order valence-electron chi connectivity index (χ4n) is 1.78. The van der Waals surface area contributed by atoms with Crippen molar-refractivity contribution in [2.24, 2.45) is 5.73 Å². The molecule has 1 rings (SSSR count). The molecule has 0 aromatic heterocycles. The van der Waals surface area contributed by atoms with E-state index in [9.17, 15) is 13.2 Å². The number of unbranched alkanes of at least 4 members (excludes halogenated alkanes) is 3. The highest BCUT2D eigenvalue weighted by molar-refractivity contribution is 7.80. The zero-order valence-electron chi connectivity index (χ0n) is 11.3. The number of thiocarbonyl (C=S) groups is 1. The van der Waals surface area contributed by atoms with E-state index >= 15 is 0 Å². The van der Waals surface area contributed by atoms with Crippen molar-refractivity contribution in [3.63, 3.8) is 0 Å². The van der Waals surface area contributed by atoms with Gasteiger partial charge in [-0.2, -0.15) is 13.2 Å². The Balaban J connectivity index is 2.77. The van der Waals surface area contributed by atoms with Gasteiger partial charge in [0.15, 0.2) is 0 Å². The molecule has 0 atom stereocenters. The lowest BCUT2D eigenvalue weighted by Crippen LogP contribution is -2.18. The van der Waals surface area contributed by atoms with Gasteiger partial charge in [0.2, 0.25) is 0 Å². The summed E-state index contributed by atoms with van der Waals surface area (Å²) in [5, 5.41) is 0. The van der Waals surface area contributed by atoms with Crippen molar-refractivity contribution in [1.82, 2.24) is 0 Å². The molecule has 0 heterocycles. The molecule has 0 aliphatic carbocycles. The van der Waals surface area contributed by atoms with Crippen LogP contribution in [0, 0.1) is 0 Å². The maximum Gasteiger partial charge on any atom is 0.417 e. The van der Waals surface area contributed by atoms with Gasteiger partial charge in [0, 0.05) is 5.56 Å². The molecule has 1 aromatic carbocycles. The predicted octanol–water partition coefficient (Wildman–Crippen LogP) is 4.30. The van der Waals surface area contributed by atoms with Gasteiger partial charge < -0.3 is 10.5 Å². The molecule has 6 heteroatoms. The molecule has 112 valence electrons. The van der Waals surface area contributed by atoms with Gasteiger partial charge in [-0.3, -0.25) is 0 Å². The van der Waals surface area contributed by atoms with E-state index in [4.69, 9.17) is 10.5 Å². The van der Waals surface area contributed by atoms with Gasteiger partial charge in [0.05, 0.1) is 12.2 Å². The Kier molecular flexibility index (Phi) is 6.26. The van der Waals surface area contributed by atoms with Crippen molar-refractivity contribution in [3.8, 4) is 5.75 Å².